The summed E-state index contributed by atoms with van der Waals surface area (Å²) in [4.78, 5) is 55.3. The molecule has 1 atom stereocenters. The number of imidazole rings is 1. The number of aryl methyl sites for hydroxylation is 1. The number of ether oxygens (including phenoxy) is 1. The van der Waals surface area contributed by atoms with Crippen LogP contribution in [0, 0.1) is 16.7 Å². The summed E-state index contributed by atoms with van der Waals surface area (Å²) in [6.45, 7) is 2.79. The van der Waals surface area contributed by atoms with Crippen LogP contribution >= 0.6 is 0 Å². The van der Waals surface area contributed by atoms with Crippen molar-refractivity contribution in [3.63, 3.8) is 0 Å². The van der Waals surface area contributed by atoms with Gasteiger partial charge < -0.3 is 19.9 Å². The van der Waals surface area contributed by atoms with Crippen LogP contribution in [-0.2, 0) is 16.6 Å². The predicted molar refractivity (Wildman–Crippen MR) is 222 cm³/mol. The van der Waals surface area contributed by atoms with Crippen LogP contribution < -0.4 is 26.0 Å². The first-order chi connectivity index (χ1) is 28.8. The number of halogens is 2. The van der Waals surface area contributed by atoms with Crippen molar-refractivity contribution >= 4 is 51.5 Å². The van der Waals surface area contributed by atoms with Gasteiger partial charge in [0.15, 0.2) is 0 Å². The molecule has 5 heterocycles. The van der Waals surface area contributed by atoms with Crippen LogP contribution in [0.5, 0.6) is 5.75 Å². The molecule has 1 spiro atoms. The summed E-state index contributed by atoms with van der Waals surface area (Å²) in [7, 11) is 4.96. The molecule has 0 radical (unpaired) electrons. The zero-order valence-electron chi connectivity index (χ0n) is 34.3. The molecule has 5 aromatic rings. The first-order valence-electron chi connectivity index (χ1n) is 20.3. The first kappa shape index (κ1) is 42.0. The largest absolute Gasteiger partial charge is 0.494 e. The Bertz CT molecular complexity index is 2510. The Morgan fingerprint density at radius 2 is 1.87 bits per heavy atom. The minimum Gasteiger partial charge on any atom is -0.494 e. The quantitative estimate of drug-likeness (QED) is 0.164. The second kappa shape index (κ2) is 17.2. The van der Waals surface area contributed by atoms with Crippen LogP contribution in [0.1, 0.15) is 86.3 Å². The molecule has 17 heteroatoms. The van der Waals surface area contributed by atoms with Gasteiger partial charge in [-0.15, -0.1) is 0 Å². The fourth-order valence-electron chi connectivity index (χ4n) is 8.81. The lowest BCUT2D eigenvalue weighted by molar-refractivity contribution is -0.175. The molecule has 60 heavy (non-hydrogen) atoms. The van der Waals surface area contributed by atoms with Gasteiger partial charge >= 0.3 is 5.69 Å². The van der Waals surface area contributed by atoms with E-state index in [0.29, 0.717) is 65.4 Å². The van der Waals surface area contributed by atoms with Crippen molar-refractivity contribution in [2.75, 3.05) is 50.6 Å². The van der Waals surface area contributed by atoms with Crippen molar-refractivity contribution < 1.29 is 27.9 Å². The van der Waals surface area contributed by atoms with Crippen LogP contribution in [0.15, 0.2) is 59.8 Å². The van der Waals surface area contributed by atoms with Gasteiger partial charge in [-0.05, 0) is 70.5 Å². The Morgan fingerprint density at radius 1 is 1.10 bits per heavy atom. The molecule has 2 N–H and O–H groups in total. The average molecular weight is 825 g/mol. The van der Waals surface area contributed by atoms with Crippen LogP contribution in [0.4, 0.5) is 20.2 Å². The van der Waals surface area contributed by atoms with E-state index in [9.17, 15) is 28.0 Å². The number of hydrogen-bond acceptors (Lipinski definition) is 10. The number of anilines is 2. The third kappa shape index (κ3) is 8.20. The maximum Gasteiger partial charge on any atom is 0.329 e. The number of para-hydroxylation sites is 1. The number of nitrogens with one attached hydrogen (secondary N) is 2. The van der Waals surface area contributed by atoms with E-state index in [-0.39, 0.29) is 43.7 Å². The van der Waals surface area contributed by atoms with E-state index in [2.05, 4.69) is 20.3 Å². The van der Waals surface area contributed by atoms with Gasteiger partial charge in [0, 0.05) is 62.6 Å². The molecule has 3 amide bonds. The van der Waals surface area contributed by atoms with Crippen LogP contribution in [-0.4, -0.2) is 93.3 Å². The highest BCUT2D eigenvalue weighted by Gasteiger charge is 2.62. The zero-order chi connectivity index (χ0) is 42.8. The number of benzene rings is 2. The Balaban J connectivity index is 0.000000183. The molecule has 1 saturated carbocycles. The van der Waals surface area contributed by atoms with Gasteiger partial charge in [-0.3, -0.25) is 38.5 Å². The second-order valence-electron chi connectivity index (χ2n) is 16.3. The summed E-state index contributed by atoms with van der Waals surface area (Å²) in [6, 6.07) is 12.9. The SMILES string of the molecule is CC(CCC(=O)NC=O)n1c(=O)n(C)c2c(N3CC4(CCN(C)CC4(F)F)C3)cccc21.COc1cc2nn(C3CCCCC3)cc2cc1NC(=O)c1cncc(C#N)c1. The first-order valence-corrected chi connectivity index (χ1v) is 20.3. The molecule has 3 aromatic heterocycles. The number of carbonyl (C=O) groups is 3. The van der Waals surface area contributed by atoms with E-state index in [1.807, 2.05) is 54.4 Å². The molecule has 2 aliphatic heterocycles. The monoisotopic (exact) mass is 824 g/mol. The van der Waals surface area contributed by atoms with Gasteiger partial charge in [-0.25, -0.2) is 13.6 Å². The molecule has 316 valence electrons. The smallest absolute Gasteiger partial charge is 0.329 e. The Kier molecular flexibility index (Phi) is 12.0. The maximum atomic E-state index is 14.8. The number of carbonyl (C=O) groups excluding carboxylic acids is 3. The summed E-state index contributed by atoms with van der Waals surface area (Å²) in [6.07, 6.45) is 12.2. The van der Waals surface area contributed by atoms with Crippen molar-refractivity contribution in [1.82, 2.24) is 34.1 Å². The number of alkyl halides is 2. The molecule has 1 aliphatic carbocycles. The molecule has 2 aromatic carbocycles. The number of likely N-dealkylation sites (tertiary alicyclic amines) is 1. The third-order valence-electron chi connectivity index (χ3n) is 12.2. The van der Waals surface area contributed by atoms with Crippen LogP contribution in [0.3, 0.4) is 0 Å². The van der Waals surface area contributed by atoms with Gasteiger partial charge in [0.05, 0.1) is 64.2 Å². The Morgan fingerprint density at radius 3 is 2.57 bits per heavy atom. The van der Waals surface area contributed by atoms with E-state index in [1.54, 1.807) is 35.2 Å². The number of piperidine rings is 1. The zero-order valence-corrected chi connectivity index (χ0v) is 34.3. The van der Waals surface area contributed by atoms with E-state index < -0.39 is 17.2 Å². The average Bonchev–Trinajstić information content (AvgIpc) is 3.76. The number of methoxy groups -OCH3 is 1. The molecule has 3 aliphatic rings. The van der Waals surface area contributed by atoms with Gasteiger partial charge in [-0.1, -0.05) is 25.3 Å². The number of fused-ring (bicyclic) bond motifs is 2. The molecule has 3 fully saturated rings. The number of amides is 3. The highest BCUT2D eigenvalue weighted by atomic mass is 19.3. The van der Waals surface area contributed by atoms with Crippen molar-refractivity contribution in [2.45, 2.75) is 76.3 Å². The summed E-state index contributed by atoms with van der Waals surface area (Å²) in [5.41, 5.74) is 2.98. The summed E-state index contributed by atoms with van der Waals surface area (Å²) >= 11 is 0. The Hall–Kier alpha value is -6.15. The lowest BCUT2D eigenvalue weighted by atomic mass is 9.69. The van der Waals surface area contributed by atoms with Gasteiger partial charge in [0.2, 0.25) is 12.3 Å². The molecule has 15 nitrogen and oxygen atoms in total. The molecule has 2 saturated heterocycles. The number of aromatic nitrogens is 5. The molecular formula is C43H50F2N10O5. The highest BCUT2D eigenvalue weighted by Crippen LogP contribution is 2.51. The van der Waals surface area contributed by atoms with E-state index in [4.69, 9.17) is 15.1 Å². The number of pyridine rings is 1. The number of nitrogens with zero attached hydrogens (tertiary/aromatic N) is 8. The predicted octanol–water partition coefficient (Wildman–Crippen LogP) is 5.80. The normalized spacial score (nSPS) is 17.9. The highest BCUT2D eigenvalue weighted by molar-refractivity contribution is 6.06. The van der Waals surface area contributed by atoms with Crippen molar-refractivity contribution in [2.24, 2.45) is 12.5 Å². The van der Waals surface area contributed by atoms with Crippen molar-refractivity contribution in [3.05, 3.63) is 76.6 Å². The molecule has 8 rings (SSSR count). The van der Waals surface area contributed by atoms with Crippen molar-refractivity contribution in [3.8, 4) is 11.8 Å². The number of nitriles is 1. The summed E-state index contributed by atoms with van der Waals surface area (Å²) < 4.78 is 40.4. The fraction of sp³-hybridized carbons (Fsp3) is 0.465. The number of rotatable bonds is 10. The number of imide groups is 1. The van der Waals surface area contributed by atoms with Gasteiger partial charge in [0.25, 0.3) is 11.8 Å². The van der Waals surface area contributed by atoms with Crippen LogP contribution in [0.25, 0.3) is 21.9 Å². The fourth-order valence-corrected chi connectivity index (χ4v) is 8.81. The molecule has 1 unspecified atom stereocenters. The van der Waals surface area contributed by atoms with E-state index in [0.717, 1.165) is 29.4 Å². The Labute approximate surface area is 345 Å². The summed E-state index contributed by atoms with van der Waals surface area (Å²) in [5.74, 6) is -2.95. The summed E-state index contributed by atoms with van der Waals surface area (Å²) in [5, 5.41) is 19.6. The minimum atomic E-state index is -2.75. The van der Waals surface area contributed by atoms with Crippen molar-refractivity contribution in [1.29, 1.82) is 5.26 Å². The third-order valence-corrected chi connectivity index (χ3v) is 12.2. The number of hydrogen-bond donors (Lipinski definition) is 2. The minimum absolute atomic E-state index is 0.112. The second-order valence-corrected chi connectivity index (χ2v) is 16.3. The van der Waals surface area contributed by atoms with Gasteiger partial charge in [0.1, 0.15) is 11.8 Å². The maximum absolute atomic E-state index is 14.8. The van der Waals surface area contributed by atoms with E-state index in [1.165, 1.54) is 37.7 Å². The lowest BCUT2D eigenvalue weighted by Gasteiger charge is -2.58. The lowest BCUT2D eigenvalue weighted by Crippen LogP contribution is -2.70. The molecular weight excluding hydrogens is 775 g/mol. The van der Waals surface area contributed by atoms with Crippen LogP contribution in [0.2, 0.25) is 0 Å². The topological polar surface area (TPSA) is 172 Å². The van der Waals surface area contributed by atoms with E-state index >= 15 is 0 Å². The molecule has 0 bridgehead atoms. The standard InChI is InChI=1S/C22H29F2N5O3.C21H21N5O2/c1-15(7-8-18(31)25-14-30)29-17-6-4-5-16(19(17)27(3)20(29)32)28-11-21(12-28)9-10-26(2)13-22(21,23)24;1-28-20-9-18-16(13-26(25-18)17-5-3-2-4-6-17)8-19(20)24-21(27)15-7-14(10-22)11-23-12-15/h4-6,14-15H,7-13H2,1-3H3,(H,25,30,31);7-9,11-13,17H,2-6H2,1H3,(H,24,27). The van der Waals surface area contributed by atoms with Gasteiger partial charge in [-0.2, -0.15) is 10.4 Å².